The van der Waals surface area contributed by atoms with E-state index in [1.807, 2.05) is 35.2 Å². The van der Waals surface area contributed by atoms with Crippen LogP contribution in [0, 0.1) is 0 Å². The topological polar surface area (TPSA) is 20.3 Å². The highest BCUT2D eigenvalue weighted by atomic mass is 16.2. The van der Waals surface area contributed by atoms with Crippen molar-refractivity contribution in [2.24, 2.45) is 0 Å². The van der Waals surface area contributed by atoms with Crippen molar-refractivity contribution in [2.75, 3.05) is 13.1 Å². The fourth-order valence-electron chi connectivity index (χ4n) is 2.68. The van der Waals surface area contributed by atoms with Crippen molar-refractivity contribution in [2.45, 2.75) is 19.3 Å². The van der Waals surface area contributed by atoms with Crippen molar-refractivity contribution in [1.29, 1.82) is 0 Å². The third-order valence-electron chi connectivity index (χ3n) is 3.66. The van der Waals surface area contributed by atoms with Crippen molar-refractivity contribution in [3.8, 4) is 0 Å². The van der Waals surface area contributed by atoms with E-state index in [0.717, 1.165) is 42.3 Å². The average molecular weight is 239 g/mol. The van der Waals surface area contributed by atoms with Crippen LogP contribution in [0.3, 0.4) is 0 Å². The maximum Gasteiger partial charge on any atom is 0.254 e. The fourth-order valence-corrected chi connectivity index (χ4v) is 2.68. The lowest BCUT2D eigenvalue weighted by atomic mass is 10.0. The van der Waals surface area contributed by atoms with E-state index >= 15 is 0 Å². The first-order chi connectivity index (χ1) is 8.86. The van der Waals surface area contributed by atoms with Crippen molar-refractivity contribution in [1.82, 2.24) is 4.90 Å². The Morgan fingerprint density at radius 3 is 2.44 bits per heavy atom. The number of hydrogen-bond donors (Lipinski definition) is 0. The Kier molecular flexibility index (Phi) is 3.01. The lowest BCUT2D eigenvalue weighted by molar-refractivity contribution is 0.0726. The number of rotatable bonds is 1. The second-order valence-corrected chi connectivity index (χ2v) is 4.88. The van der Waals surface area contributed by atoms with Crippen LogP contribution >= 0.6 is 0 Å². The molecule has 0 atom stereocenters. The molecule has 0 unspecified atom stereocenters. The van der Waals surface area contributed by atoms with Crippen molar-refractivity contribution < 1.29 is 4.79 Å². The summed E-state index contributed by atoms with van der Waals surface area (Å²) >= 11 is 0. The van der Waals surface area contributed by atoms with Gasteiger partial charge in [0.25, 0.3) is 5.91 Å². The predicted molar refractivity (Wildman–Crippen MR) is 73.7 cm³/mol. The van der Waals surface area contributed by atoms with E-state index in [1.165, 1.54) is 6.42 Å². The SMILES string of the molecule is O=C(c1cccc2ccccc12)N1CCCCC1. The highest BCUT2D eigenvalue weighted by Gasteiger charge is 2.19. The molecule has 2 aromatic rings. The molecule has 1 heterocycles. The summed E-state index contributed by atoms with van der Waals surface area (Å²) in [6.45, 7) is 1.81. The largest absolute Gasteiger partial charge is 0.339 e. The Bertz CT molecular complexity index is 565. The normalized spacial score (nSPS) is 15.9. The number of carbonyl (C=O) groups is 1. The summed E-state index contributed by atoms with van der Waals surface area (Å²) in [4.78, 5) is 14.5. The first-order valence-corrected chi connectivity index (χ1v) is 6.63. The molecular formula is C16H17NO. The zero-order chi connectivity index (χ0) is 12.4. The molecule has 92 valence electrons. The van der Waals surface area contributed by atoms with Gasteiger partial charge in [0.1, 0.15) is 0 Å². The van der Waals surface area contributed by atoms with Crippen molar-refractivity contribution >= 4 is 16.7 Å². The molecule has 1 fully saturated rings. The molecule has 3 rings (SSSR count). The van der Waals surface area contributed by atoms with E-state index in [2.05, 4.69) is 12.1 Å². The Labute approximate surface area is 107 Å². The van der Waals surface area contributed by atoms with Gasteiger partial charge in [-0.3, -0.25) is 4.79 Å². The average Bonchev–Trinajstić information content (AvgIpc) is 2.47. The van der Waals surface area contributed by atoms with Crippen LogP contribution in [0.15, 0.2) is 42.5 Å². The summed E-state index contributed by atoms with van der Waals surface area (Å²) in [5, 5.41) is 2.20. The molecule has 18 heavy (non-hydrogen) atoms. The summed E-state index contributed by atoms with van der Waals surface area (Å²) in [5.41, 5.74) is 0.843. The lowest BCUT2D eigenvalue weighted by Crippen LogP contribution is -2.35. The standard InChI is InChI=1S/C16H17NO/c18-16(17-11-4-1-5-12-17)15-10-6-8-13-7-2-3-9-14(13)15/h2-3,6-10H,1,4-5,11-12H2. The van der Waals surface area contributed by atoms with Gasteiger partial charge >= 0.3 is 0 Å². The van der Waals surface area contributed by atoms with E-state index < -0.39 is 0 Å². The first kappa shape index (κ1) is 11.3. The molecule has 0 spiro atoms. The molecule has 2 nitrogen and oxygen atoms in total. The van der Waals surface area contributed by atoms with Gasteiger partial charge in [-0.2, -0.15) is 0 Å². The Morgan fingerprint density at radius 1 is 0.889 bits per heavy atom. The molecular weight excluding hydrogens is 222 g/mol. The molecule has 0 saturated carbocycles. The van der Waals surface area contributed by atoms with Gasteiger partial charge in [-0.25, -0.2) is 0 Å². The maximum atomic E-state index is 12.5. The highest BCUT2D eigenvalue weighted by molar-refractivity contribution is 6.07. The van der Waals surface area contributed by atoms with Gasteiger partial charge in [-0.15, -0.1) is 0 Å². The molecule has 0 aromatic heterocycles. The molecule has 0 aliphatic carbocycles. The highest BCUT2D eigenvalue weighted by Crippen LogP contribution is 2.21. The summed E-state index contributed by atoms with van der Waals surface area (Å²) in [6.07, 6.45) is 3.52. The summed E-state index contributed by atoms with van der Waals surface area (Å²) in [7, 11) is 0. The molecule has 1 amide bonds. The second kappa shape index (κ2) is 4.81. The zero-order valence-electron chi connectivity index (χ0n) is 10.4. The van der Waals surface area contributed by atoms with Crippen LogP contribution < -0.4 is 0 Å². The smallest absolute Gasteiger partial charge is 0.254 e. The van der Waals surface area contributed by atoms with E-state index in [-0.39, 0.29) is 5.91 Å². The number of amides is 1. The van der Waals surface area contributed by atoms with Crippen LogP contribution in [0.25, 0.3) is 10.8 Å². The fraction of sp³-hybridized carbons (Fsp3) is 0.312. The van der Waals surface area contributed by atoms with Gasteiger partial charge in [-0.05, 0) is 36.1 Å². The molecule has 0 bridgehead atoms. The number of likely N-dealkylation sites (tertiary alicyclic amines) is 1. The number of fused-ring (bicyclic) bond motifs is 1. The van der Waals surface area contributed by atoms with Crippen LogP contribution in [0.5, 0.6) is 0 Å². The third-order valence-corrected chi connectivity index (χ3v) is 3.66. The summed E-state index contributed by atoms with van der Waals surface area (Å²) < 4.78 is 0. The third kappa shape index (κ3) is 1.99. The summed E-state index contributed by atoms with van der Waals surface area (Å²) in [6, 6.07) is 14.1. The minimum absolute atomic E-state index is 0.187. The number of piperidine rings is 1. The molecule has 2 heteroatoms. The number of carbonyl (C=O) groups excluding carboxylic acids is 1. The summed E-state index contributed by atoms with van der Waals surface area (Å²) in [5.74, 6) is 0.187. The molecule has 2 aromatic carbocycles. The molecule has 1 saturated heterocycles. The number of benzene rings is 2. The number of nitrogens with zero attached hydrogens (tertiary/aromatic N) is 1. The molecule has 1 aliphatic rings. The second-order valence-electron chi connectivity index (χ2n) is 4.88. The van der Waals surface area contributed by atoms with E-state index in [4.69, 9.17) is 0 Å². The van der Waals surface area contributed by atoms with Gasteiger partial charge in [0.2, 0.25) is 0 Å². The van der Waals surface area contributed by atoms with Gasteiger partial charge in [0.05, 0.1) is 0 Å². The van der Waals surface area contributed by atoms with E-state index in [1.54, 1.807) is 0 Å². The Balaban J connectivity index is 2.00. The van der Waals surface area contributed by atoms with Crippen LogP contribution in [-0.4, -0.2) is 23.9 Å². The Hall–Kier alpha value is -1.83. The van der Waals surface area contributed by atoms with E-state index in [0.29, 0.717) is 0 Å². The lowest BCUT2D eigenvalue weighted by Gasteiger charge is -2.27. The molecule has 0 N–H and O–H groups in total. The predicted octanol–water partition coefficient (Wildman–Crippen LogP) is 3.47. The van der Waals surface area contributed by atoms with Gasteiger partial charge in [0, 0.05) is 18.7 Å². The van der Waals surface area contributed by atoms with Crippen LogP contribution in [0.1, 0.15) is 29.6 Å². The quantitative estimate of drug-likeness (QED) is 0.746. The zero-order valence-corrected chi connectivity index (χ0v) is 10.4. The van der Waals surface area contributed by atoms with E-state index in [9.17, 15) is 4.79 Å². The Morgan fingerprint density at radius 2 is 1.61 bits per heavy atom. The first-order valence-electron chi connectivity index (χ1n) is 6.63. The molecule has 1 aliphatic heterocycles. The maximum absolute atomic E-state index is 12.5. The molecule has 0 radical (unpaired) electrons. The van der Waals surface area contributed by atoms with Crippen LogP contribution in [0.2, 0.25) is 0 Å². The van der Waals surface area contributed by atoms with Crippen LogP contribution in [0.4, 0.5) is 0 Å². The van der Waals surface area contributed by atoms with Crippen LogP contribution in [-0.2, 0) is 0 Å². The van der Waals surface area contributed by atoms with Crippen molar-refractivity contribution in [3.63, 3.8) is 0 Å². The van der Waals surface area contributed by atoms with Gasteiger partial charge < -0.3 is 4.90 Å². The minimum atomic E-state index is 0.187. The van der Waals surface area contributed by atoms with Crippen molar-refractivity contribution in [3.05, 3.63) is 48.0 Å². The monoisotopic (exact) mass is 239 g/mol. The minimum Gasteiger partial charge on any atom is -0.339 e. The van der Waals surface area contributed by atoms with Gasteiger partial charge in [-0.1, -0.05) is 36.4 Å². The van der Waals surface area contributed by atoms with Gasteiger partial charge in [0.15, 0.2) is 0 Å². The number of hydrogen-bond acceptors (Lipinski definition) is 1.